The molecule has 3 nitrogen and oxygen atoms in total. The van der Waals surface area contributed by atoms with Crippen molar-refractivity contribution in [2.75, 3.05) is 26.8 Å². The summed E-state index contributed by atoms with van der Waals surface area (Å²) < 4.78 is 4.91. The smallest absolute Gasteiger partial charge is 0.246 e. The number of hydrogen-bond donors (Lipinski definition) is 0. The van der Waals surface area contributed by atoms with Crippen molar-refractivity contribution in [2.24, 2.45) is 0 Å². The summed E-state index contributed by atoms with van der Waals surface area (Å²) in [4.78, 5) is 13.9. The molecule has 114 valence electrons. The van der Waals surface area contributed by atoms with Crippen LogP contribution in [0.4, 0.5) is 0 Å². The van der Waals surface area contributed by atoms with Crippen molar-refractivity contribution in [3.63, 3.8) is 0 Å². The van der Waals surface area contributed by atoms with E-state index in [2.05, 4.69) is 13.0 Å². The standard InChI is InChI=1S/C17H22ClNO2/c1-13-15(5-3-6-16(13)18)14-8-10-19(11-9-14)17(20)7-4-12-21-2/h3-7,14H,8-12H2,1-2H3/b7-4+. The third-order valence-electron chi connectivity index (χ3n) is 4.08. The number of benzene rings is 1. The van der Waals surface area contributed by atoms with Crippen molar-refractivity contribution in [1.29, 1.82) is 0 Å². The maximum Gasteiger partial charge on any atom is 0.246 e. The van der Waals surface area contributed by atoms with Crippen molar-refractivity contribution < 1.29 is 9.53 Å². The summed E-state index contributed by atoms with van der Waals surface area (Å²) in [6.45, 7) is 4.14. The second-order valence-electron chi connectivity index (χ2n) is 5.41. The summed E-state index contributed by atoms with van der Waals surface area (Å²) in [5, 5.41) is 0.827. The molecule has 2 rings (SSSR count). The molecule has 0 spiro atoms. The Hall–Kier alpha value is -1.32. The Bertz CT molecular complexity index is 520. The fraction of sp³-hybridized carbons (Fsp3) is 0.471. The van der Waals surface area contributed by atoms with Crippen LogP contribution >= 0.6 is 11.6 Å². The Balaban J connectivity index is 1.94. The number of carbonyl (C=O) groups is 1. The quantitative estimate of drug-likeness (QED) is 0.796. The molecule has 0 atom stereocenters. The van der Waals surface area contributed by atoms with Crippen LogP contribution in [-0.4, -0.2) is 37.6 Å². The molecule has 1 aromatic carbocycles. The van der Waals surface area contributed by atoms with Gasteiger partial charge < -0.3 is 9.64 Å². The SMILES string of the molecule is COC/C=C/C(=O)N1CCC(c2cccc(Cl)c2C)CC1. The maximum atomic E-state index is 12.0. The first-order valence-electron chi connectivity index (χ1n) is 7.33. The average molecular weight is 308 g/mol. The number of rotatable bonds is 4. The fourth-order valence-electron chi connectivity index (χ4n) is 2.83. The second kappa shape index (κ2) is 7.62. The average Bonchev–Trinajstić information content (AvgIpc) is 2.50. The van der Waals surface area contributed by atoms with Gasteiger partial charge in [-0.25, -0.2) is 0 Å². The number of likely N-dealkylation sites (tertiary alicyclic amines) is 1. The van der Waals surface area contributed by atoms with E-state index in [1.165, 1.54) is 11.1 Å². The van der Waals surface area contributed by atoms with E-state index in [1.54, 1.807) is 19.3 Å². The predicted molar refractivity (Wildman–Crippen MR) is 85.8 cm³/mol. The molecule has 1 aliphatic rings. The summed E-state index contributed by atoms with van der Waals surface area (Å²) in [5.41, 5.74) is 2.49. The van der Waals surface area contributed by atoms with Crippen molar-refractivity contribution >= 4 is 17.5 Å². The van der Waals surface area contributed by atoms with Crippen LogP contribution in [0.15, 0.2) is 30.4 Å². The molecule has 0 N–H and O–H groups in total. The summed E-state index contributed by atoms with van der Waals surface area (Å²) in [6, 6.07) is 6.09. The second-order valence-corrected chi connectivity index (χ2v) is 5.82. The molecule has 1 amide bonds. The number of ether oxygens (including phenoxy) is 1. The Labute approximate surface area is 131 Å². The Morgan fingerprint density at radius 1 is 1.43 bits per heavy atom. The van der Waals surface area contributed by atoms with Gasteiger partial charge in [-0.3, -0.25) is 4.79 Å². The van der Waals surface area contributed by atoms with Gasteiger partial charge in [0.1, 0.15) is 0 Å². The lowest BCUT2D eigenvalue weighted by Gasteiger charge is -2.32. The largest absolute Gasteiger partial charge is 0.381 e. The normalized spacial score (nSPS) is 16.6. The molecule has 1 saturated heterocycles. The van der Waals surface area contributed by atoms with E-state index >= 15 is 0 Å². The number of amides is 1. The minimum atomic E-state index is 0.0771. The van der Waals surface area contributed by atoms with Gasteiger partial charge in [-0.15, -0.1) is 0 Å². The minimum Gasteiger partial charge on any atom is -0.381 e. The van der Waals surface area contributed by atoms with E-state index in [-0.39, 0.29) is 5.91 Å². The molecule has 21 heavy (non-hydrogen) atoms. The van der Waals surface area contributed by atoms with Crippen LogP contribution in [0.25, 0.3) is 0 Å². The molecule has 1 aromatic rings. The lowest BCUT2D eigenvalue weighted by atomic mass is 9.87. The molecule has 0 aliphatic carbocycles. The molecule has 0 aromatic heterocycles. The molecule has 0 bridgehead atoms. The molecular formula is C17H22ClNO2. The number of carbonyl (C=O) groups excluding carboxylic acids is 1. The summed E-state index contributed by atoms with van der Waals surface area (Å²) in [5.74, 6) is 0.573. The number of hydrogen-bond acceptors (Lipinski definition) is 2. The Morgan fingerprint density at radius 2 is 2.14 bits per heavy atom. The summed E-state index contributed by atoms with van der Waals surface area (Å²) >= 11 is 6.20. The van der Waals surface area contributed by atoms with Crippen LogP contribution in [-0.2, 0) is 9.53 Å². The van der Waals surface area contributed by atoms with Crippen molar-refractivity contribution in [3.05, 3.63) is 46.5 Å². The molecule has 1 fully saturated rings. The van der Waals surface area contributed by atoms with E-state index in [0.29, 0.717) is 12.5 Å². The van der Waals surface area contributed by atoms with Gasteiger partial charge in [0.15, 0.2) is 0 Å². The monoisotopic (exact) mass is 307 g/mol. The Kier molecular flexibility index (Phi) is 5.83. The minimum absolute atomic E-state index is 0.0771. The lowest BCUT2D eigenvalue weighted by molar-refractivity contribution is -0.127. The topological polar surface area (TPSA) is 29.5 Å². The third kappa shape index (κ3) is 4.08. The molecule has 1 aliphatic heterocycles. The van der Waals surface area contributed by atoms with Crippen LogP contribution in [0.3, 0.4) is 0 Å². The van der Waals surface area contributed by atoms with Gasteiger partial charge >= 0.3 is 0 Å². The predicted octanol–water partition coefficient (Wildman–Crippen LogP) is 3.56. The van der Waals surface area contributed by atoms with E-state index in [1.807, 2.05) is 17.0 Å². The summed E-state index contributed by atoms with van der Waals surface area (Å²) in [7, 11) is 1.62. The molecular weight excluding hydrogens is 286 g/mol. The highest BCUT2D eigenvalue weighted by atomic mass is 35.5. The van der Waals surface area contributed by atoms with Gasteiger partial charge in [-0.2, -0.15) is 0 Å². The van der Waals surface area contributed by atoms with Gasteiger partial charge in [0, 0.05) is 31.3 Å². The van der Waals surface area contributed by atoms with Crippen LogP contribution in [0, 0.1) is 6.92 Å². The first-order valence-corrected chi connectivity index (χ1v) is 7.70. The number of methoxy groups -OCH3 is 1. The van der Waals surface area contributed by atoms with Crippen molar-refractivity contribution in [2.45, 2.75) is 25.7 Å². The van der Waals surface area contributed by atoms with Crippen LogP contribution in [0.2, 0.25) is 5.02 Å². The van der Waals surface area contributed by atoms with Crippen LogP contribution < -0.4 is 0 Å². The number of nitrogens with zero attached hydrogens (tertiary/aromatic N) is 1. The van der Waals surface area contributed by atoms with Crippen molar-refractivity contribution in [3.8, 4) is 0 Å². The highest BCUT2D eigenvalue weighted by Gasteiger charge is 2.23. The van der Waals surface area contributed by atoms with Crippen LogP contribution in [0.5, 0.6) is 0 Å². The van der Waals surface area contributed by atoms with Gasteiger partial charge in [-0.05, 0) is 42.9 Å². The van der Waals surface area contributed by atoms with E-state index in [0.717, 1.165) is 31.0 Å². The third-order valence-corrected chi connectivity index (χ3v) is 4.49. The van der Waals surface area contributed by atoms with E-state index in [4.69, 9.17) is 16.3 Å². The van der Waals surface area contributed by atoms with E-state index in [9.17, 15) is 4.79 Å². The molecule has 4 heteroatoms. The summed E-state index contributed by atoms with van der Waals surface area (Å²) in [6.07, 6.45) is 5.35. The van der Waals surface area contributed by atoms with Gasteiger partial charge in [0.25, 0.3) is 0 Å². The molecule has 0 saturated carbocycles. The highest BCUT2D eigenvalue weighted by Crippen LogP contribution is 2.32. The lowest BCUT2D eigenvalue weighted by Crippen LogP contribution is -2.37. The van der Waals surface area contributed by atoms with E-state index < -0.39 is 0 Å². The Morgan fingerprint density at radius 3 is 2.81 bits per heavy atom. The van der Waals surface area contributed by atoms with Gasteiger partial charge in [0.2, 0.25) is 5.91 Å². The highest BCUT2D eigenvalue weighted by molar-refractivity contribution is 6.31. The zero-order valence-corrected chi connectivity index (χ0v) is 13.4. The maximum absolute atomic E-state index is 12.0. The number of piperidine rings is 1. The number of halogens is 1. The van der Waals surface area contributed by atoms with Gasteiger partial charge in [-0.1, -0.05) is 29.8 Å². The van der Waals surface area contributed by atoms with Gasteiger partial charge in [0.05, 0.1) is 6.61 Å². The zero-order chi connectivity index (χ0) is 15.2. The fourth-order valence-corrected chi connectivity index (χ4v) is 3.01. The molecule has 0 radical (unpaired) electrons. The zero-order valence-electron chi connectivity index (χ0n) is 12.6. The molecule has 0 unspecified atom stereocenters. The van der Waals surface area contributed by atoms with Crippen molar-refractivity contribution in [1.82, 2.24) is 4.90 Å². The first kappa shape index (κ1) is 16.1. The first-order chi connectivity index (χ1) is 10.1. The van der Waals surface area contributed by atoms with Crippen LogP contribution in [0.1, 0.15) is 29.9 Å². The molecule has 1 heterocycles.